The number of nitrogens with zero attached hydrogens (tertiary/aromatic N) is 2. The number of carbonyl (C=O) groups excluding carboxylic acids is 2. The molecule has 98 valence electrons. The predicted octanol–water partition coefficient (Wildman–Crippen LogP) is 0.807. The molecular weight excluding hydrogens is 230 g/mol. The number of amides is 2. The molecule has 1 aliphatic heterocycles. The molecule has 1 heterocycles. The fraction of sp³-hybridized carbons (Fsp3) is 0.769. The topological polar surface area (TPSA) is 73.2 Å². The van der Waals surface area contributed by atoms with Crippen molar-refractivity contribution >= 4 is 11.8 Å². The molecule has 5 nitrogen and oxygen atoms in total. The summed E-state index contributed by atoms with van der Waals surface area (Å²) in [5, 5.41) is 12.1. The normalized spacial score (nSPS) is 25.8. The van der Waals surface area contributed by atoms with Crippen LogP contribution in [0.15, 0.2) is 0 Å². The molecule has 2 fully saturated rings. The highest BCUT2D eigenvalue weighted by atomic mass is 16.2. The molecule has 1 atom stereocenters. The van der Waals surface area contributed by atoms with Crippen molar-refractivity contribution in [2.75, 3.05) is 13.1 Å². The molecule has 0 aromatic rings. The molecular formula is C13H19N3O2. The van der Waals surface area contributed by atoms with Gasteiger partial charge in [-0.2, -0.15) is 5.26 Å². The van der Waals surface area contributed by atoms with E-state index >= 15 is 0 Å². The Morgan fingerprint density at radius 1 is 1.39 bits per heavy atom. The summed E-state index contributed by atoms with van der Waals surface area (Å²) in [5.41, 5.74) is -0.787. The third-order valence-electron chi connectivity index (χ3n) is 3.96. The number of carbonyl (C=O) groups is 2. The molecule has 1 saturated carbocycles. The molecule has 5 heteroatoms. The zero-order valence-corrected chi connectivity index (χ0v) is 10.7. The third kappa shape index (κ3) is 2.33. The van der Waals surface area contributed by atoms with E-state index in [1.54, 1.807) is 4.90 Å². The van der Waals surface area contributed by atoms with E-state index in [0.717, 1.165) is 19.3 Å². The van der Waals surface area contributed by atoms with Crippen LogP contribution in [0, 0.1) is 16.7 Å². The van der Waals surface area contributed by atoms with E-state index in [9.17, 15) is 14.9 Å². The van der Waals surface area contributed by atoms with Crippen LogP contribution in [0.4, 0.5) is 0 Å². The summed E-state index contributed by atoms with van der Waals surface area (Å²) < 4.78 is 0. The number of hydrogen-bond acceptors (Lipinski definition) is 3. The van der Waals surface area contributed by atoms with Gasteiger partial charge in [0.05, 0.1) is 6.07 Å². The number of rotatable bonds is 2. The summed E-state index contributed by atoms with van der Waals surface area (Å²) in [7, 11) is 0. The largest absolute Gasteiger partial charge is 0.352 e. The van der Waals surface area contributed by atoms with Crippen LogP contribution in [0.25, 0.3) is 0 Å². The van der Waals surface area contributed by atoms with Crippen molar-refractivity contribution in [3.63, 3.8) is 0 Å². The highest BCUT2D eigenvalue weighted by molar-refractivity contribution is 5.86. The van der Waals surface area contributed by atoms with E-state index in [0.29, 0.717) is 25.9 Å². The maximum Gasteiger partial charge on any atom is 0.243 e. The molecule has 1 aliphatic carbocycles. The molecule has 0 aromatic carbocycles. The first-order chi connectivity index (χ1) is 8.57. The first-order valence-electron chi connectivity index (χ1n) is 6.55. The van der Waals surface area contributed by atoms with Crippen molar-refractivity contribution in [3.8, 4) is 6.07 Å². The second-order valence-corrected chi connectivity index (χ2v) is 5.34. The minimum absolute atomic E-state index is 0.0321. The van der Waals surface area contributed by atoms with E-state index in [1.165, 1.54) is 6.92 Å². The monoisotopic (exact) mass is 249 g/mol. The Kier molecular flexibility index (Phi) is 3.55. The lowest BCUT2D eigenvalue weighted by molar-refractivity contribution is -0.138. The maximum atomic E-state index is 12.4. The molecule has 1 N–H and O–H groups in total. The Morgan fingerprint density at radius 3 is 2.61 bits per heavy atom. The molecule has 2 amide bonds. The van der Waals surface area contributed by atoms with Crippen LogP contribution in [0.1, 0.15) is 39.0 Å². The van der Waals surface area contributed by atoms with Crippen molar-refractivity contribution < 1.29 is 9.59 Å². The van der Waals surface area contributed by atoms with Gasteiger partial charge in [0, 0.05) is 26.1 Å². The molecule has 0 bridgehead atoms. The van der Waals surface area contributed by atoms with Crippen LogP contribution >= 0.6 is 0 Å². The Hall–Kier alpha value is -1.57. The zero-order valence-electron chi connectivity index (χ0n) is 10.7. The summed E-state index contributed by atoms with van der Waals surface area (Å²) in [6.45, 7) is 2.67. The Bertz CT molecular complexity index is 394. The van der Waals surface area contributed by atoms with Gasteiger partial charge in [-0.05, 0) is 19.3 Å². The van der Waals surface area contributed by atoms with Crippen LogP contribution in [0.3, 0.4) is 0 Å². The van der Waals surface area contributed by atoms with Gasteiger partial charge in [-0.25, -0.2) is 0 Å². The fourth-order valence-corrected chi connectivity index (χ4v) is 3.00. The molecule has 0 spiro atoms. The second-order valence-electron chi connectivity index (χ2n) is 5.34. The van der Waals surface area contributed by atoms with Gasteiger partial charge in [0.2, 0.25) is 11.8 Å². The van der Waals surface area contributed by atoms with Crippen LogP contribution in [0.5, 0.6) is 0 Å². The zero-order chi connectivity index (χ0) is 13.2. The minimum atomic E-state index is -0.787. The quantitative estimate of drug-likeness (QED) is 0.787. The summed E-state index contributed by atoms with van der Waals surface area (Å²) in [6.07, 6.45) is 4.07. The maximum absolute atomic E-state index is 12.4. The SMILES string of the molecule is CC(=O)NC1CCN(C(=O)C2(C#N)CCCC2)C1. The van der Waals surface area contributed by atoms with Crippen molar-refractivity contribution in [2.45, 2.75) is 45.1 Å². The van der Waals surface area contributed by atoms with Gasteiger partial charge in [0.15, 0.2) is 0 Å². The predicted molar refractivity (Wildman–Crippen MR) is 65.3 cm³/mol. The second kappa shape index (κ2) is 4.97. The van der Waals surface area contributed by atoms with Crippen LogP contribution in [-0.4, -0.2) is 35.8 Å². The van der Waals surface area contributed by atoms with Crippen LogP contribution in [-0.2, 0) is 9.59 Å². The van der Waals surface area contributed by atoms with Gasteiger partial charge in [-0.1, -0.05) is 12.8 Å². The van der Waals surface area contributed by atoms with Gasteiger partial charge in [0.25, 0.3) is 0 Å². The molecule has 1 saturated heterocycles. The van der Waals surface area contributed by atoms with Crippen molar-refractivity contribution in [1.29, 1.82) is 5.26 Å². The van der Waals surface area contributed by atoms with Crippen LogP contribution in [0.2, 0.25) is 0 Å². The smallest absolute Gasteiger partial charge is 0.243 e. The summed E-state index contributed by atoms with van der Waals surface area (Å²) in [4.78, 5) is 25.2. The minimum Gasteiger partial charge on any atom is -0.352 e. The average molecular weight is 249 g/mol. The van der Waals surface area contributed by atoms with Crippen molar-refractivity contribution in [2.24, 2.45) is 5.41 Å². The van der Waals surface area contributed by atoms with E-state index in [-0.39, 0.29) is 17.9 Å². The highest BCUT2D eigenvalue weighted by Gasteiger charge is 2.45. The van der Waals surface area contributed by atoms with Gasteiger partial charge < -0.3 is 10.2 Å². The molecule has 0 aromatic heterocycles. The Labute approximate surface area is 107 Å². The van der Waals surface area contributed by atoms with Gasteiger partial charge >= 0.3 is 0 Å². The van der Waals surface area contributed by atoms with Crippen LogP contribution < -0.4 is 5.32 Å². The Balaban J connectivity index is 1.99. The highest BCUT2D eigenvalue weighted by Crippen LogP contribution is 2.39. The van der Waals surface area contributed by atoms with E-state index < -0.39 is 5.41 Å². The van der Waals surface area contributed by atoms with Gasteiger partial charge in [0.1, 0.15) is 5.41 Å². The number of nitrogens with one attached hydrogen (secondary N) is 1. The lowest BCUT2D eigenvalue weighted by Crippen LogP contribution is -2.43. The lowest BCUT2D eigenvalue weighted by atomic mass is 9.86. The molecule has 2 aliphatic rings. The molecule has 18 heavy (non-hydrogen) atoms. The number of nitriles is 1. The number of likely N-dealkylation sites (tertiary alicyclic amines) is 1. The van der Waals surface area contributed by atoms with E-state index in [2.05, 4.69) is 11.4 Å². The first kappa shape index (κ1) is 12.9. The Morgan fingerprint density at radius 2 is 2.06 bits per heavy atom. The summed E-state index contributed by atoms with van der Waals surface area (Å²) in [5.74, 6) is -0.0967. The number of hydrogen-bond donors (Lipinski definition) is 1. The van der Waals surface area contributed by atoms with E-state index in [1.807, 2.05) is 0 Å². The standard InChI is InChI=1S/C13H19N3O2/c1-10(17)15-11-4-7-16(8-11)12(18)13(9-14)5-2-3-6-13/h11H,2-8H2,1H3,(H,15,17). The fourth-order valence-electron chi connectivity index (χ4n) is 3.00. The lowest BCUT2D eigenvalue weighted by Gasteiger charge is -2.26. The van der Waals surface area contributed by atoms with Crippen molar-refractivity contribution in [1.82, 2.24) is 10.2 Å². The van der Waals surface area contributed by atoms with Gasteiger partial charge in [-0.15, -0.1) is 0 Å². The van der Waals surface area contributed by atoms with E-state index in [4.69, 9.17) is 0 Å². The third-order valence-corrected chi connectivity index (χ3v) is 3.96. The molecule has 2 rings (SSSR count). The van der Waals surface area contributed by atoms with Crippen molar-refractivity contribution in [3.05, 3.63) is 0 Å². The average Bonchev–Trinajstić information content (AvgIpc) is 2.96. The first-order valence-corrected chi connectivity index (χ1v) is 6.55. The molecule has 1 unspecified atom stereocenters. The summed E-state index contributed by atoms with van der Waals surface area (Å²) >= 11 is 0. The van der Waals surface area contributed by atoms with Gasteiger partial charge in [-0.3, -0.25) is 9.59 Å². The molecule has 0 radical (unpaired) electrons. The summed E-state index contributed by atoms with van der Waals surface area (Å²) in [6, 6.07) is 2.28.